The summed E-state index contributed by atoms with van der Waals surface area (Å²) in [5.41, 5.74) is 0. The maximum absolute atomic E-state index is 8.89. The summed E-state index contributed by atoms with van der Waals surface area (Å²) in [6.07, 6.45) is -2.33. The molecule has 9 heavy (non-hydrogen) atoms. The van der Waals surface area contributed by atoms with E-state index in [-0.39, 0.29) is 17.1 Å². The number of aliphatic carboxylic acids is 1. The van der Waals surface area contributed by atoms with Crippen LogP contribution in [0.3, 0.4) is 0 Å². The zero-order valence-electron chi connectivity index (χ0n) is 4.34. The van der Waals surface area contributed by atoms with E-state index in [2.05, 4.69) is 0 Å². The van der Waals surface area contributed by atoms with Gasteiger partial charge in [-0.3, -0.25) is 0 Å². The number of rotatable bonds is 0. The molecule has 0 fully saturated rings. The van der Waals surface area contributed by atoms with Gasteiger partial charge in [-0.2, -0.15) is 0 Å². The van der Waals surface area contributed by atoms with Crippen LogP contribution >= 0.6 is 0 Å². The number of carboxylic acid groups (broad SMARTS) is 3. The molecule has 0 aromatic carbocycles. The topological polar surface area (TPSA) is 103 Å². The van der Waals surface area contributed by atoms with E-state index >= 15 is 0 Å². The molecule has 0 aromatic heterocycles. The van der Waals surface area contributed by atoms with Gasteiger partial charge in [0.15, 0.2) is 0 Å². The van der Waals surface area contributed by atoms with Crippen molar-refractivity contribution < 1.29 is 42.0 Å². The Morgan fingerprint density at radius 2 is 1.11 bits per heavy atom. The van der Waals surface area contributed by atoms with Crippen LogP contribution in [0.4, 0.5) is 4.79 Å². The predicted molar refractivity (Wildman–Crippen MR) is 16.1 cm³/mol. The molecule has 0 unspecified atom stereocenters. The monoisotopic (exact) mass is 182 g/mol. The van der Waals surface area contributed by atoms with E-state index < -0.39 is 12.1 Å². The number of carbonyl (C=O) groups excluding carboxylic acids is 2. The normalized spacial score (nSPS) is 5.44. The van der Waals surface area contributed by atoms with Crippen molar-refractivity contribution in [2.24, 2.45) is 0 Å². The summed E-state index contributed by atoms with van der Waals surface area (Å²) in [5.74, 6) is -1.08. The van der Waals surface area contributed by atoms with Crippen molar-refractivity contribution in [2.75, 3.05) is 0 Å². The number of carbonyl (C=O) groups is 2. The Morgan fingerprint density at radius 1 is 1.11 bits per heavy atom. The van der Waals surface area contributed by atoms with E-state index in [1.54, 1.807) is 0 Å². The second kappa shape index (κ2) is 10.3. The second-order valence-electron chi connectivity index (χ2n) is 0.742. The fraction of sp³-hybridized carbons (Fsp3) is 0.333. The molecule has 0 atom stereocenters. The smallest absolute Gasteiger partial charge is 0.0383 e. The molecule has 5 nitrogen and oxygen atoms in total. The van der Waals surface area contributed by atoms with Crippen molar-refractivity contribution in [3.05, 3.63) is 0 Å². The van der Waals surface area contributed by atoms with E-state index in [0.29, 0.717) is 0 Å². The van der Waals surface area contributed by atoms with Gasteiger partial charge in [0.05, 0.1) is 0 Å². The van der Waals surface area contributed by atoms with E-state index in [1.807, 2.05) is 0 Å². The molecule has 0 aliphatic heterocycles. The first kappa shape index (κ1) is 15.7. The SMILES string of the molecule is CC(=O)[O-].O=C([O-])[O-].[Cu]. The Bertz CT molecular complexity index is 70.2. The van der Waals surface area contributed by atoms with Crippen LogP contribution in [0.5, 0.6) is 0 Å². The van der Waals surface area contributed by atoms with Gasteiger partial charge in [-0.05, 0) is 13.1 Å². The van der Waals surface area contributed by atoms with Gasteiger partial charge < -0.3 is 24.9 Å². The Morgan fingerprint density at radius 3 is 1.11 bits per heavy atom. The second-order valence-corrected chi connectivity index (χ2v) is 0.742. The van der Waals surface area contributed by atoms with E-state index in [0.717, 1.165) is 6.92 Å². The number of hydrogen-bond acceptors (Lipinski definition) is 5. The summed E-state index contributed by atoms with van der Waals surface area (Å²) < 4.78 is 0. The van der Waals surface area contributed by atoms with Crippen molar-refractivity contribution in [1.29, 1.82) is 0 Å². The summed E-state index contributed by atoms with van der Waals surface area (Å²) >= 11 is 0. The molecule has 6 heteroatoms. The molecule has 0 N–H and O–H groups in total. The zero-order valence-corrected chi connectivity index (χ0v) is 5.28. The molecule has 0 spiro atoms. The summed E-state index contributed by atoms with van der Waals surface area (Å²) in [4.78, 5) is 17.2. The van der Waals surface area contributed by atoms with E-state index in [1.165, 1.54) is 0 Å². The molecule has 0 amide bonds. The van der Waals surface area contributed by atoms with Gasteiger partial charge in [-0.25, -0.2) is 0 Å². The van der Waals surface area contributed by atoms with Gasteiger partial charge in [0.2, 0.25) is 0 Å². The zero-order chi connectivity index (χ0) is 7.15. The van der Waals surface area contributed by atoms with Crippen LogP contribution in [0.2, 0.25) is 0 Å². The first-order chi connectivity index (χ1) is 3.46. The molecule has 59 valence electrons. The third kappa shape index (κ3) is 366. The maximum Gasteiger partial charge on any atom is 0.0383 e. The molecule has 0 aliphatic carbocycles. The minimum atomic E-state index is -2.33. The molecular formula is C3H3CuO5-3. The first-order valence-corrected chi connectivity index (χ1v) is 1.52. The average molecular weight is 183 g/mol. The van der Waals surface area contributed by atoms with Crippen molar-refractivity contribution in [3.8, 4) is 0 Å². The van der Waals surface area contributed by atoms with Crippen molar-refractivity contribution >= 4 is 12.1 Å². The molecule has 0 saturated heterocycles. The Kier molecular flexibility index (Phi) is 18.0. The van der Waals surface area contributed by atoms with Crippen LogP contribution in [0, 0.1) is 0 Å². The van der Waals surface area contributed by atoms with Crippen molar-refractivity contribution in [1.82, 2.24) is 0 Å². The maximum atomic E-state index is 8.89. The molecule has 1 radical (unpaired) electrons. The van der Waals surface area contributed by atoms with Crippen molar-refractivity contribution in [3.63, 3.8) is 0 Å². The van der Waals surface area contributed by atoms with Crippen LogP contribution in [0.25, 0.3) is 0 Å². The van der Waals surface area contributed by atoms with Gasteiger partial charge in [-0.15, -0.1) is 0 Å². The molecule has 0 aromatic rings. The third-order valence-electron chi connectivity index (χ3n) is 0. The summed E-state index contributed by atoms with van der Waals surface area (Å²) in [5, 5.41) is 25.6. The summed E-state index contributed by atoms with van der Waals surface area (Å²) in [6.45, 7) is 0.972. The molecule has 0 aliphatic rings. The Labute approximate surface area is 61.8 Å². The third-order valence-corrected chi connectivity index (χ3v) is 0. The first-order valence-electron chi connectivity index (χ1n) is 1.52. The molecular weight excluding hydrogens is 180 g/mol. The van der Waals surface area contributed by atoms with Crippen LogP contribution in [0.15, 0.2) is 0 Å². The Hall–Kier alpha value is -0.741. The largest absolute Gasteiger partial charge is 0.652 e. The van der Waals surface area contributed by atoms with Gasteiger partial charge in [0, 0.05) is 23.0 Å². The van der Waals surface area contributed by atoms with Gasteiger partial charge in [0.25, 0.3) is 0 Å². The number of carboxylic acids is 1. The molecule has 0 rings (SSSR count). The molecule has 0 bridgehead atoms. The number of hydrogen-bond donors (Lipinski definition) is 0. The molecule has 0 saturated carbocycles. The van der Waals surface area contributed by atoms with Gasteiger partial charge >= 0.3 is 0 Å². The minimum Gasteiger partial charge on any atom is -0.652 e. The van der Waals surface area contributed by atoms with Gasteiger partial charge in [-0.1, -0.05) is 0 Å². The fourth-order valence-electron chi connectivity index (χ4n) is 0. The average Bonchev–Trinajstić information content (AvgIpc) is 1.25. The van der Waals surface area contributed by atoms with Crippen molar-refractivity contribution in [2.45, 2.75) is 6.92 Å². The van der Waals surface area contributed by atoms with Crippen LogP contribution in [-0.2, 0) is 21.9 Å². The summed E-state index contributed by atoms with van der Waals surface area (Å²) in [7, 11) is 0. The predicted octanol–water partition coefficient (Wildman–Crippen LogP) is -3.69. The Balaban J connectivity index is -0.0000000720. The molecule has 0 heterocycles. The fourth-order valence-corrected chi connectivity index (χ4v) is 0. The van der Waals surface area contributed by atoms with E-state index in [4.69, 9.17) is 24.9 Å². The van der Waals surface area contributed by atoms with Crippen LogP contribution in [-0.4, -0.2) is 12.1 Å². The summed E-state index contributed by atoms with van der Waals surface area (Å²) in [6, 6.07) is 0. The van der Waals surface area contributed by atoms with Gasteiger partial charge in [0.1, 0.15) is 0 Å². The van der Waals surface area contributed by atoms with E-state index in [9.17, 15) is 0 Å². The standard InChI is InChI=1S/C2H4O2.CH2O3.Cu/c1-2(3)4;2-1(3)4;/h1H3,(H,3,4);(H2,2,3,4);/p-3. The minimum absolute atomic E-state index is 0. The quantitative estimate of drug-likeness (QED) is 0.359. The van der Waals surface area contributed by atoms with Crippen LogP contribution in [0.1, 0.15) is 6.92 Å². The van der Waals surface area contributed by atoms with Crippen LogP contribution < -0.4 is 15.3 Å².